The quantitative estimate of drug-likeness (QED) is 0.750. The lowest BCUT2D eigenvalue weighted by Gasteiger charge is -2.07. The van der Waals surface area contributed by atoms with E-state index in [9.17, 15) is 4.79 Å². The number of hydrogen-bond acceptors (Lipinski definition) is 5. The topological polar surface area (TPSA) is 92.8 Å². The van der Waals surface area contributed by atoms with E-state index < -0.39 is 0 Å². The molecule has 0 aliphatic carbocycles. The number of methoxy groups -OCH3 is 1. The molecule has 3 aromatic rings. The van der Waals surface area contributed by atoms with Gasteiger partial charge in [0, 0.05) is 23.5 Å². The second-order valence-electron chi connectivity index (χ2n) is 5.21. The van der Waals surface area contributed by atoms with Crippen LogP contribution in [0.15, 0.2) is 42.7 Å². The summed E-state index contributed by atoms with van der Waals surface area (Å²) in [6.07, 6.45) is 3.36. The molecule has 0 radical (unpaired) electrons. The lowest BCUT2D eigenvalue weighted by molar-refractivity contribution is 0.0950. The Hall–Kier alpha value is -3.22. The Balaban J connectivity index is 1.65. The number of aromatic amines is 1. The second kappa shape index (κ2) is 6.91. The van der Waals surface area contributed by atoms with Gasteiger partial charge in [-0.15, -0.1) is 0 Å². The van der Waals surface area contributed by atoms with Gasteiger partial charge in [0.15, 0.2) is 5.82 Å². The molecule has 0 saturated heterocycles. The average molecular weight is 323 g/mol. The summed E-state index contributed by atoms with van der Waals surface area (Å²) in [6, 6.07) is 8.94. The van der Waals surface area contributed by atoms with Gasteiger partial charge in [-0.3, -0.25) is 14.9 Å². The Bertz CT molecular complexity index is 845. The summed E-state index contributed by atoms with van der Waals surface area (Å²) in [5, 5.41) is 9.79. The van der Waals surface area contributed by atoms with Crippen LogP contribution in [0.5, 0.6) is 5.75 Å². The zero-order valence-electron chi connectivity index (χ0n) is 13.4. The van der Waals surface area contributed by atoms with E-state index in [2.05, 4.69) is 25.5 Å². The number of aromatic nitrogens is 4. The van der Waals surface area contributed by atoms with Crippen LogP contribution in [0.2, 0.25) is 0 Å². The smallest absolute Gasteiger partial charge is 0.251 e. The van der Waals surface area contributed by atoms with Gasteiger partial charge in [0.1, 0.15) is 11.6 Å². The van der Waals surface area contributed by atoms with Crippen LogP contribution < -0.4 is 10.1 Å². The fraction of sp³-hybridized carbons (Fsp3) is 0.176. The second-order valence-corrected chi connectivity index (χ2v) is 5.21. The first-order valence-corrected chi connectivity index (χ1v) is 7.42. The highest BCUT2D eigenvalue weighted by molar-refractivity contribution is 5.94. The van der Waals surface area contributed by atoms with E-state index in [4.69, 9.17) is 4.74 Å². The molecule has 3 rings (SSSR count). The molecule has 0 atom stereocenters. The molecule has 2 aromatic heterocycles. The maximum atomic E-state index is 12.2. The third-order valence-corrected chi connectivity index (χ3v) is 3.54. The Morgan fingerprint density at radius 3 is 2.75 bits per heavy atom. The molecule has 2 N–H and O–H groups in total. The van der Waals surface area contributed by atoms with Gasteiger partial charge >= 0.3 is 0 Å². The lowest BCUT2D eigenvalue weighted by Crippen LogP contribution is -2.23. The molecule has 0 fully saturated rings. The highest BCUT2D eigenvalue weighted by Crippen LogP contribution is 2.18. The number of aryl methyl sites for hydroxylation is 1. The predicted octanol–water partition coefficient (Wildman–Crippen LogP) is 2.11. The van der Waals surface area contributed by atoms with Crippen LogP contribution in [0.3, 0.4) is 0 Å². The molecule has 2 heterocycles. The zero-order chi connectivity index (χ0) is 16.9. The molecule has 1 amide bonds. The minimum atomic E-state index is -0.178. The van der Waals surface area contributed by atoms with Crippen molar-refractivity contribution in [1.82, 2.24) is 25.5 Å². The van der Waals surface area contributed by atoms with E-state index in [0.717, 1.165) is 16.9 Å². The third kappa shape index (κ3) is 3.40. The number of pyridine rings is 1. The fourth-order valence-corrected chi connectivity index (χ4v) is 2.29. The van der Waals surface area contributed by atoms with Crippen LogP contribution in [0, 0.1) is 6.92 Å². The van der Waals surface area contributed by atoms with Crippen molar-refractivity contribution in [2.45, 2.75) is 13.5 Å². The van der Waals surface area contributed by atoms with Gasteiger partial charge in [0.25, 0.3) is 5.91 Å². The van der Waals surface area contributed by atoms with Gasteiger partial charge < -0.3 is 10.1 Å². The average Bonchev–Trinajstić information content (AvgIpc) is 3.09. The molecule has 0 spiro atoms. The predicted molar refractivity (Wildman–Crippen MR) is 88.5 cm³/mol. The van der Waals surface area contributed by atoms with Crippen LogP contribution in [-0.2, 0) is 6.54 Å². The molecule has 122 valence electrons. The molecule has 0 unspecified atom stereocenters. The van der Waals surface area contributed by atoms with E-state index in [0.29, 0.717) is 17.2 Å². The number of nitrogens with one attached hydrogen (secondary N) is 2. The van der Waals surface area contributed by atoms with E-state index in [-0.39, 0.29) is 12.5 Å². The summed E-state index contributed by atoms with van der Waals surface area (Å²) in [5.74, 6) is 1.73. The van der Waals surface area contributed by atoms with Gasteiger partial charge in [0.2, 0.25) is 0 Å². The summed E-state index contributed by atoms with van der Waals surface area (Å²) in [6.45, 7) is 2.16. The summed E-state index contributed by atoms with van der Waals surface area (Å²) in [4.78, 5) is 20.5. The number of ether oxygens (including phenoxy) is 1. The van der Waals surface area contributed by atoms with Gasteiger partial charge in [0.05, 0.1) is 13.7 Å². The fourth-order valence-electron chi connectivity index (χ4n) is 2.29. The highest BCUT2D eigenvalue weighted by Gasteiger charge is 2.10. The standard InChI is InChI=1S/C17H17N5O2/c1-11-9-13(3-4-14(11)24-2)17(23)19-10-15-20-16(22-21-15)12-5-7-18-8-6-12/h3-9H,10H2,1-2H3,(H,19,23)(H,20,21,22). The van der Waals surface area contributed by atoms with Gasteiger partial charge in [-0.2, -0.15) is 5.10 Å². The van der Waals surface area contributed by atoms with Crippen molar-refractivity contribution < 1.29 is 9.53 Å². The first-order chi connectivity index (χ1) is 11.7. The Kier molecular flexibility index (Phi) is 4.51. The minimum Gasteiger partial charge on any atom is -0.496 e. The van der Waals surface area contributed by atoms with E-state index in [1.807, 2.05) is 19.1 Å². The highest BCUT2D eigenvalue weighted by atomic mass is 16.5. The normalized spacial score (nSPS) is 10.4. The summed E-state index contributed by atoms with van der Waals surface area (Å²) < 4.78 is 5.19. The zero-order valence-corrected chi connectivity index (χ0v) is 13.4. The Morgan fingerprint density at radius 2 is 2.04 bits per heavy atom. The van der Waals surface area contributed by atoms with Crippen LogP contribution in [0.25, 0.3) is 11.4 Å². The molecule has 0 bridgehead atoms. The van der Waals surface area contributed by atoms with Crippen LogP contribution in [0.1, 0.15) is 21.7 Å². The molecule has 0 aliphatic rings. The Labute approximate surface area is 139 Å². The molecule has 24 heavy (non-hydrogen) atoms. The molecule has 7 nitrogen and oxygen atoms in total. The first kappa shape index (κ1) is 15.7. The summed E-state index contributed by atoms with van der Waals surface area (Å²) >= 11 is 0. The summed E-state index contributed by atoms with van der Waals surface area (Å²) in [5.41, 5.74) is 2.34. The van der Waals surface area contributed by atoms with Crippen molar-refractivity contribution in [1.29, 1.82) is 0 Å². The number of H-pyrrole nitrogens is 1. The molecular weight excluding hydrogens is 306 g/mol. The van der Waals surface area contributed by atoms with Crippen molar-refractivity contribution in [3.63, 3.8) is 0 Å². The maximum Gasteiger partial charge on any atom is 0.251 e. The number of benzene rings is 1. The monoisotopic (exact) mass is 323 g/mol. The third-order valence-electron chi connectivity index (χ3n) is 3.54. The van der Waals surface area contributed by atoms with E-state index in [1.54, 1.807) is 37.7 Å². The maximum absolute atomic E-state index is 12.2. The van der Waals surface area contributed by atoms with Crippen molar-refractivity contribution in [2.24, 2.45) is 0 Å². The Morgan fingerprint density at radius 1 is 1.25 bits per heavy atom. The largest absolute Gasteiger partial charge is 0.496 e. The molecule has 7 heteroatoms. The molecule has 0 aliphatic heterocycles. The minimum absolute atomic E-state index is 0.178. The number of carbonyl (C=O) groups is 1. The summed E-state index contributed by atoms with van der Waals surface area (Å²) in [7, 11) is 1.60. The van der Waals surface area contributed by atoms with E-state index >= 15 is 0 Å². The number of carbonyl (C=O) groups excluding carboxylic acids is 1. The van der Waals surface area contributed by atoms with Crippen LogP contribution in [0.4, 0.5) is 0 Å². The van der Waals surface area contributed by atoms with Crippen molar-refractivity contribution in [2.75, 3.05) is 7.11 Å². The van der Waals surface area contributed by atoms with E-state index in [1.165, 1.54) is 0 Å². The van der Waals surface area contributed by atoms with Crippen molar-refractivity contribution in [3.05, 3.63) is 59.7 Å². The van der Waals surface area contributed by atoms with Gasteiger partial charge in [-0.05, 0) is 42.8 Å². The molecular formula is C17H17N5O2. The first-order valence-electron chi connectivity index (χ1n) is 7.42. The number of rotatable bonds is 5. The molecule has 0 saturated carbocycles. The van der Waals surface area contributed by atoms with Crippen molar-refractivity contribution >= 4 is 5.91 Å². The van der Waals surface area contributed by atoms with Crippen LogP contribution >= 0.6 is 0 Å². The molecule has 1 aromatic carbocycles. The number of nitrogens with zero attached hydrogens (tertiary/aromatic N) is 3. The SMILES string of the molecule is COc1ccc(C(=O)NCc2nc(-c3ccncc3)n[nH]2)cc1C. The van der Waals surface area contributed by atoms with Crippen molar-refractivity contribution in [3.8, 4) is 17.1 Å². The van der Waals surface area contributed by atoms with Crippen LogP contribution in [-0.4, -0.2) is 33.2 Å². The van der Waals surface area contributed by atoms with Gasteiger partial charge in [-0.25, -0.2) is 4.98 Å². The number of hydrogen-bond donors (Lipinski definition) is 2. The number of amides is 1. The lowest BCUT2D eigenvalue weighted by atomic mass is 10.1. The van der Waals surface area contributed by atoms with Gasteiger partial charge in [-0.1, -0.05) is 0 Å².